The summed E-state index contributed by atoms with van der Waals surface area (Å²) < 4.78 is 4.86. The Morgan fingerprint density at radius 1 is 1.50 bits per heavy atom. The van der Waals surface area contributed by atoms with Gasteiger partial charge >= 0.3 is 5.97 Å². The molecule has 1 rings (SSSR count). The number of hydrogen-bond acceptors (Lipinski definition) is 4. The Morgan fingerprint density at radius 2 is 2.12 bits per heavy atom. The van der Waals surface area contributed by atoms with E-state index in [1.165, 1.54) is 6.07 Å². The molecule has 0 unspecified atom stereocenters. The average molecular weight is 240 g/mol. The van der Waals surface area contributed by atoms with Gasteiger partial charge in [-0.25, -0.2) is 4.79 Å². The lowest BCUT2D eigenvalue weighted by molar-refractivity contribution is 0.0522. The third-order valence-electron chi connectivity index (χ3n) is 2.27. The molecule has 0 spiro atoms. The molecular formula is C12H16O3S. The van der Waals surface area contributed by atoms with Crippen molar-refractivity contribution in [1.82, 2.24) is 0 Å². The molecule has 0 fully saturated rings. The zero-order valence-corrected chi connectivity index (χ0v) is 10.5. The maximum absolute atomic E-state index is 11.5. The number of ether oxygens (including phenoxy) is 1. The Labute approximate surface area is 101 Å². The molecule has 0 saturated carbocycles. The van der Waals surface area contributed by atoms with E-state index in [0.717, 1.165) is 0 Å². The summed E-state index contributed by atoms with van der Waals surface area (Å²) in [5.41, 5.74) is 0.872. The van der Waals surface area contributed by atoms with E-state index in [2.05, 4.69) is 12.6 Å². The molecule has 0 radical (unpaired) electrons. The minimum Gasteiger partial charge on any atom is -0.507 e. The largest absolute Gasteiger partial charge is 0.507 e. The number of esters is 1. The molecule has 3 nitrogen and oxygen atoms in total. The van der Waals surface area contributed by atoms with E-state index in [-0.39, 0.29) is 23.8 Å². The summed E-state index contributed by atoms with van der Waals surface area (Å²) in [5, 5.41) is 9.99. The number of hydrogen-bond donors (Lipinski definition) is 2. The van der Waals surface area contributed by atoms with Gasteiger partial charge < -0.3 is 9.84 Å². The van der Waals surface area contributed by atoms with Crippen molar-refractivity contribution >= 4 is 18.6 Å². The highest BCUT2D eigenvalue weighted by Crippen LogP contribution is 2.34. The fraction of sp³-hybridized carbons (Fsp3) is 0.417. The van der Waals surface area contributed by atoms with E-state index in [1.807, 2.05) is 13.8 Å². The van der Waals surface area contributed by atoms with Crippen LogP contribution in [-0.4, -0.2) is 17.7 Å². The highest BCUT2D eigenvalue weighted by molar-refractivity contribution is 7.80. The van der Waals surface area contributed by atoms with E-state index in [1.54, 1.807) is 13.0 Å². The number of phenolic OH excluding ortho intramolecular Hbond substituents is 1. The summed E-state index contributed by atoms with van der Waals surface area (Å²) in [6.45, 7) is 5.89. The topological polar surface area (TPSA) is 46.5 Å². The van der Waals surface area contributed by atoms with Crippen LogP contribution in [0.2, 0.25) is 0 Å². The molecule has 0 bridgehead atoms. The normalized spacial score (nSPS) is 10.6. The second kappa shape index (κ2) is 5.25. The molecule has 1 N–H and O–H groups in total. The predicted molar refractivity (Wildman–Crippen MR) is 65.4 cm³/mol. The average Bonchev–Trinajstić information content (AvgIpc) is 2.17. The van der Waals surface area contributed by atoms with E-state index in [9.17, 15) is 9.90 Å². The first-order valence-electron chi connectivity index (χ1n) is 5.21. The molecule has 16 heavy (non-hydrogen) atoms. The first-order valence-corrected chi connectivity index (χ1v) is 5.65. The Bertz CT molecular complexity index is 399. The molecule has 1 aromatic carbocycles. The van der Waals surface area contributed by atoms with Gasteiger partial charge in [0.15, 0.2) is 0 Å². The summed E-state index contributed by atoms with van der Waals surface area (Å²) in [7, 11) is 0. The number of carbonyl (C=O) groups is 1. The third kappa shape index (κ3) is 2.50. The molecule has 0 amide bonds. The van der Waals surface area contributed by atoms with Gasteiger partial charge in [-0.05, 0) is 25.0 Å². The van der Waals surface area contributed by atoms with Crippen molar-refractivity contribution in [2.45, 2.75) is 31.6 Å². The Morgan fingerprint density at radius 3 is 2.62 bits per heavy atom. The molecule has 0 aromatic heterocycles. The van der Waals surface area contributed by atoms with Crippen LogP contribution in [-0.2, 0) is 4.74 Å². The van der Waals surface area contributed by atoms with E-state index in [4.69, 9.17) is 4.74 Å². The quantitative estimate of drug-likeness (QED) is 0.630. The summed E-state index contributed by atoms with van der Waals surface area (Å²) >= 11 is 4.26. The van der Waals surface area contributed by atoms with Gasteiger partial charge in [0.2, 0.25) is 0 Å². The van der Waals surface area contributed by atoms with Crippen LogP contribution in [0, 0.1) is 0 Å². The second-order valence-corrected chi connectivity index (χ2v) is 4.25. The van der Waals surface area contributed by atoms with Crippen molar-refractivity contribution in [1.29, 1.82) is 0 Å². The minimum atomic E-state index is -0.504. The maximum atomic E-state index is 11.5. The monoisotopic (exact) mass is 240 g/mol. The fourth-order valence-electron chi connectivity index (χ4n) is 1.54. The first-order chi connectivity index (χ1) is 7.49. The van der Waals surface area contributed by atoms with Crippen molar-refractivity contribution in [2.75, 3.05) is 6.61 Å². The molecule has 0 atom stereocenters. The molecule has 0 saturated heterocycles. The van der Waals surface area contributed by atoms with Gasteiger partial charge in [-0.15, -0.1) is 12.6 Å². The zero-order chi connectivity index (χ0) is 12.3. The van der Waals surface area contributed by atoms with Crippen LogP contribution in [0.25, 0.3) is 0 Å². The third-order valence-corrected chi connectivity index (χ3v) is 2.66. The smallest absolute Gasteiger partial charge is 0.341 e. The lowest BCUT2D eigenvalue weighted by Gasteiger charge is -2.14. The van der Waals surface area contributed by atoms with Crippen molar-refractivity contribution in [3.63, 3.8) is 0 Å². The maximum Gasteiger partial charge on any atom is 0.341 e. The lowest BCUT2D eigenvalue weighted by atomic mass is 9.99. The Balaban J connectivity index is 3.23. The standard InChI is InChI=1S/C12H16O3S/c1-4-15-12(14)8-5-6-9(16)10(7(2)3)11(8)13/h5-7,13,16H,4H2,1-3H3. The van der Waals surface area contributed by atoms with Gasteiger partial charge in [-0.1, -0.05) is 13.8 Å². The van der Waals surface area contributed by atoms with Crippen LogP contribution >= 0.6 is 12.6 Å². The molecule has 88 valence electrons. The van der Waals surface area contributed by atoms with Crippen LogP contribution in [0.1, 0.15) is 42.6 Å². The van der Waals surface area contributed by atoms with Crippen LogP contribution in [0.3, 0.4) is 0 Å². The molecule has 0 aliphatic rings. The zero-order valence-electron chi connectivity index (χ0n) is 9.65. The lowest BCUT2D eigenvalue weighted by Crippen LogP contribution is -2.06. The van der Waals surface area contributed by atoms with Gasteiger partial charge in [0.05, 0.1) is 6.61 Å². The number of benzene rings is 1. The summed E-state index contributed by atoms with van der Waals surface area (Å²) in [5.74, 6) is -0.432. The van der Waals surface area contributed by atoms with E-state index >= 15 is 0 Å². The number of rotatable bonds is 3. The number of aromatic hydroxyl groups is 1. The van der Waals surface area contributed by atoms with E-state index in [0.29, 0.717) is 10.5 Å². The highest BCUT2D eigenvalue weighted by atomic mass is 32.1. The number of phenols is 1. The summed E-state index contributed by atoms with van der Waals surface area (Å²) in [6.07, 6.45) is 0. The van der Waals surface area contributed by atoms with Crippen LogP contribution in [0.4, 0.5) is 0 Å². The second-order valence-electron chi connectivity index (χ2n) is 3.77. The summed E-state index contributed by atoms with van der Waals surface area (Å²) in [4.78, 5) is 12.2. The molecule has 4 heteroatoms. The van der Waals surface area contributed by atoms with Crippen molar-refractivity contribution in [3.8, 4) is 5.75 Å². The molecule has 0 heterocycles. The first kappa shape index (κ1) is 12.9. The van der Waals surface area contributed by atoms with Crippen molar-refractivity contribution < 1.29 is 14.6 Å². The van der Waals surface area contributed by atoms with Crippen LogP contribution < -0.4 is 0 Å². The fourth-order valence-corrected chi connectivity index (χ4v) is 1.98. The predicted octanol–water partition coefficient (Wildman–Crippen LogP) is 2.98. The van der Waals surface area contributed by atoms with Gasteiger partial charge in [0.25, 0.3) is 0 Å². The van der Waals surface area contributed by atoms with Gasteiger partial charge in [0.1, 0.15) is 11.3 Å². The summed E-state index contributed by atoms with van der Waals surface area (Å²) in [6, 6.07) is 3.23. The van der Waals surface area contributed by atoms with Crippen molar-refractivity contribution in [3.05, 3.63) is 23.3 Å². The minimum absolute atomic E-state index is 0.0269. The van der Waals surface area contributed by atoms with Crippen LogP contribution in [0.15, 0.2) is 17.0 Å². The number of thiol groups is 1. The van der Waals surface area contributed by atoms with Crippen LogP contribution in [0.5, 0.6) is 5.75 Å². The molecular weight excluding hydrogens is 224 g/mol. The van der Waals surface area contributed by atoms with Gasteiger partial charge in [-0.2, -0.15) is 0 Å². The molecule has 1 aromatic rings. The van der Waals surface area contributed by atoms with Crippen molar-refractivity contribution in [2.24, 2.45) is 0 Å². The van der Waals surface area contributed by atoms with Gasteiger partial charge in [-0.3, -0.25) is 0 Å². The Hall–Kier alpha value is -1.16. The Kier molecular flexibility index (Phi) is 4.24. The SMILES string of the molecule is CCOC(=O)c1ccc(S)c(C(C)C)c1O. The van der Waals surface area contributed by atoms with E-state index < -0.39 is 5.97 Å². The number of carbonyl (C=O) groups excluding carboxylic acids is 1. The highest BCUT2D eigenvalue weighted by Gasteiger charge is 2.19. The molecule has 0 aliphatic carbocycles. The van der Waals surface area contributed by atoms with Gasteiger partial charge in [0, 0.05) is 10.5 Å². The molecule has 0 aliphatic heterocycles.